The van der Waals surface area contributed by atoms with Gasteiger partial charge in [-0.2, -0.15) is 0 Å². The molecule has 118 valence electrons. The van der Waals surface area contributed by atoms with Crippen molar-refractivity contribution >= 4 is 33.3 Å². The summed E-state index contributed by atoms with van der Waals surface area (Å²) in [7, 11) is 0. The van der Waals surface area contributed by atoms with E-state index in [1.807, 2.05) is 11.3 Å². The molecule has 2 rings (SSSR count). The van der Waals surface area contributed by atoms with Gasteiger partial charge in [0.2, 0.25) is 0 Å². The maximum absolute atomic E-state index is 3.69. The van der Waals surface area contributed by atoms with Gasteiger partial charge in [-0.15, -0.1) is 11.3 Å². The first kappa shape index (κ1) is 17.2. The van der Waals surface area contributed by atoms with Gasteiger partial charge in [-0.3, -0.25) is 0 Å². The van der Waals surface area contributed by atoms with Crippen molar-refractivity contribution in [2.45, 2.75) is 65.3 Å². The Bertz CT molecular complexity index is 470. The Kier molecular flexibility index (Phi) is 6.10. The van der Waals surface area contributed by atoms with E-state index >= 15 is 0 Å². The Morgan fingerprint density at radius 1 is 1.33 bits per heavy atom. The lowest BCUT2D eigenvalue weighted by Gasteiger charge is -2.28. The minimum atomic E-state index is 0.180. The Morgan fingerprint density at radius 2 is 2.00 bits per heavy atom. The fraction of sp³-hybridized carbons (Fsp3) is 0.667. The van der Waals surface area contributed by atoms with Gasteiger partial charge in [0.15, 0.2) is 0 Å². The largest absolute Gasteiger partial charge is 0.308 e. The van der Waals surface area contributed by atoms with Crippen LogP contribution in [-0.4, -0.2) is 12.1 Å². The van der Waals surface area contributed by atoms with Crippen molar-refractivity contribution in [3.05, 3.63) is 25.9 Å². The molecule has 1 heterocycles. The molecule has 1 nitrogen and oxygen atoms in total. The smallest absolute Gasteiger partial charge is 0.0317 e. The molecule has 0 aliphatic heterocycles. The van der Waals surface area contributed by atoms with Crippen molar-refractivity contribution in [3.8, 4) is 0 Å². The van der Waals surface area contributed by atoms with E-state index in [4.69, 9.17) is 0 Å². The van der Waals surface area contributed by atoms with Gasteiger partial charge in [-0.25, -0.2) is 0 Å². The molecule has 0 bridgehead atoms. The van der Waals surface area contributed by atoms with E-state index in [1.54, 1.807) is 5.57 Å². The molecule has 0 unspecified atom stereocenters. The highest BCUT2D eigenvalue weighted by Gasteiger charge is 2.20. The summed E-state index contributed by atoms with van der Waals surface area (Å²) in [6.07, 6.45) is 9.37. The van der Waals surface area contributed by atoms with E-state index in [0.717, 1.165) is 12.5 Å². The summed E-state index contributed by atoms with van der Waals surface area (Å²) in [4.78, 5) is 2.75. The van der Waals surface area contributed by atoms with Gasteiger partial charge in [-0.05, 0) is 74.5 Å². The second-order valence-electron chi connectivity index (χ2n) is 7.21. The van der Waals surface area contributed by atoms with Crippen LogP contribution < -0.4 is 5.32 Å². The average Bonchev–Trinajstić information content (AvgIpc) is 2.73. The molecule has 1 aromatic rings. The van der Waals surface area contributed by atoms with E-state index in [-0.39, 0.29) is 5.54 Å². The molecule has 0 saturated heterocycles. The normalized spacial score (nSPS) is 18.2. The van der Waals surface area contributed by atoms with Crippen molar-refractivity contribution in [2.24, 2.45) is 5.92 Å². The lowest BCUT2D eigenvalue weighted by Crippen LogP contribution is -2.38. The van der Waals surface area contributed by atoms with Gasteiger partial charge < -0.3 is 5.32 Å². The topological polar surface area (TPSA) is 12.0 Å². The van der Waals surface area contributed by atoms with Crippen molar-refractivity contribution in [1.29, 1.82) is 0 Å². The first-order valence-electron chi connectivity index (χ1n) is 8.06. The van der Waals surface area contributed by atoms with Gasteiger partial charge in [0.05, 0.1) is 0 Å². The monoisotopic (exact) mass is 369 g/mol. The van der Waals surface area contributed by atoms with Crippen LogP contribution in [0.5, 0.6) is 0 Å². The highest BCUT2D eigenvalue weighted by atomic mass is 79.9. The van der Waals surface area contributed by atoms with E-state index in [1.165, 1.54) is 46.3 Å². The lowest BCUT2D eigenvalue weighted by atomic mass is 9.83. The van der Waals surface area contributed by atoms with E-state index < -0.39 is 0 Å². The van der Waals surface area contributed by atoms with Crippen molar-refractivity contribution < 1.29 is 0 Å². The van der Waals surface area contributed by atoms with Crippen molar-refractivity contribution in [3.63, 3.8) is 0 Å². The number of aryl methyl sites for hydroxylation is 1. The first-order chi connectivity index (χ1) is 9.85. The van der Waals surface area contributed by atoms with Crippen LogP contribution in [-0.2, 0) is 0 Å². The molecule has 1 fully saturated rings. The van der Waals surface area contributed by atoms with Crippen LogP contribution in [0.15, 0.2) is 16.1 Å². The zero-order valence-corrected chi connectivity index (χ0v) is 16.2. The molecule has 1 aliphatic carbocycles. The minimum absolute atomic E-state index is 0.180. The molecule has 3 heteroatoms. The molecule has 0 atom stereocenters. The maximum Gasteiger partial charge on any atom is 0.0317 e. The van der Waals surface area contributed by atoms with Gasteiger partial charge in [0, 0.05) is 26.3 Å². The lowest BCUT2D eigenvalue weighted by molar-refractivity contribution is 0.378. The third kappa shape index (κ3) is 5.54. The summed E-state index contributed by atoms with van der Waals surface area (Å²) >= 11 is 5.53. The van der Waals surface area contributed by atoms with Gasteiger partial charge in [-0.1, -0.05) is 24.8 Å². The number of halogens is 1. The summed E-state index contributed by atoms with van der Waals surface area (Å²) in [6, 6.07) is 2.26. The fourth-order valence-electron chi connectivity index (χ4n) is 2.89. The second-order valence-corrected chi connectivity index (χ2v) is 9.35. The van der Waals surface area contributed by atoms with Crippen LogP contribution in [0.1, 0.15) is 62.6 Å². The van der Waals surface area contributed by atoms with Crippen molar-refractivity contribution in [2.75, 3.05) is 6.54 Å². The summed E-state index contributed by atoms with van der Waals surface area (Å²) in [5, 5.41) is 3.69. The van der Waals surface area contributed by atoms with Crippen LogP contribution in [0, 0.1) is 12.8 Å². The zero-order valence-electron chi connectivity index (χ0n) is 13.8. The Labute approximate surface area is 142 Å². The maximum atomic E-state index is 3.69. The summed E-state index contributed by atoms with van der Waals surface area (Å²) in [6.45, 7) is 9.94. The van der Waals surface area contributed by atoms with Gasteiger partial charge >= 0.3 is 0 Å². The van der Waals surface area contributed by atoms with Gasteiger partial charge in [0.25, 0.3) is 0 Å². The highest BCUT2D eigenvalue weighted by molar-refractivity contribution is 9.10. The number of hydrogen-bond donors (Lipinski definition) is 1. The molecule has 1 aromatic heterocycles. The molecule has 1 aliphatic rings. The molecular weight excluding hydrogens is 342 g/mol. The molecule has 0 aromatic carbocycles. The van der Waals surface area contributed by atoms with E-state index in [9.17, 15) is 0 Å². The molecule has 0 radical (unpaired) electrons. The Morgan fingerprint density at radius 3 is 2.52 bits per heavy atom. The van der Waals surface area contributed by atoms with Crippen LogP contribution in [0.2, 0.25) is 0 Å². The van der Waals surface area contributed by atoms with Gasteiger partial charge in [0.1, 0.15) is 0 Å². The molecule has 0 spiro atoms. The Balaban J connectivity index is 2.17. The molecule has 1 N–H and O–H groups in total. The highest BCUT2D eigenvalue weighted by Crippen LogP contribution is 2.33. The predicted octanol–water partition coefficient (Wildman–Crippen LogP) is 6.17. The molecule has 21 heavy (non-hydrogen) atoms. The SMILES string of the molecule is Cc1sc(/C=C(/CNC(C)(C)C)C2CCCCC2)cc1Br. The second kappa shape index (κ2) is 7.43. The summed E-state index contributed by atoms with van der Waals surface area (Å²) < 4.78 is 1.24. The summed E-state index contributed by atoms with van der Waals surface area (Å²) in [5.41, 5.74) is 1.78. The zero-order chi connectivity index (χ0) is 15.5. The van der Waals surface area contributed by atoms with Crippen LogP contribution in [0.3, 0.4) is 0 Å². The number of hydrogen-bond acceptors (Lipinski definition) is 2. The Hall–Kier alpha value is -0.120. The summed E-state index contributed by atoms with van der Waals surface area (Å²) in [5.74, 6) is 0.773. The number of nitrogens with one attached hydrogen (secondary N) is 1. The third-order valence-corrected chi connectivity index (χ3v) is 6.24. The average molecular weight is 370 g/mol. The predicted molar refractivity (Wildman–Crippen MR) is 99.1 cm³/mol. The number of thiophene rings is 1. The minimum Gasteiger partial charge on any atom is -0.308 e. The van der Waals surface area contributed by atoms with Crippen LogP contribution in [0.4, 0.5) is 0 Å². The quantitative estimate of drug-likeness (QED) is 0.668. The van der Waals surface area contributed by atoms with Crippen molar-refractivity contribution in [1.82, 2.24) is 5.32 Å². The standard InChI is InChI=1S/C18H28BrNS/c1-13-17(19)11-16(21-13)10-15(12-20-18(2,3)4)14-8-6-5-7-9-14/h10-11,14,20H,5-9,12H2,1-4H3/b15-10-. The third-order valence-electron chi connectivity index (χ3n) is 4.16. The van der Waals surface area contributed by atoms with E-state index in [2.05, 4.69) is 61.1 Å². The molecule has 0 amide bonds. The van der Waals surface area contributed by atoms with Crippen LogP contribution >= 0.6 is 27.3 Å². The van der Waals surface area contributed by atoms with Crippen LogP contribution in [0.25, 0.3) is 6.08 Å². The van der Waals surface area contributed by atoms with E-state index in [0.29, 0.717) is 0 Å². The first-order valence-corrected chi connectivity index (χ1v) is 9.67. The fourth-order valence-corrected chi connectivity index (χ4v) is 4.43. The molecular formula is C18H28BrNS. The number of rotatable bonds is 4. The molecule has 1 saturated carbocycles.